The standard InChI is InChI=1S/C18H13FO5/c1-10-17(11-2-4-12(19)5-3-11)18(22)14-7-6-13(8-15(14)24-10)23-9-16(20)21/h2-8H,9H2,1H3,(H,20,21)/p-1. The molecule has 0 amide bonds. The molecule has 2 aromatic carbocycles. The summed E-state index contributed by atoms with van der Waals surface area (Å²) in [4.78, 5) is 23.1. The van der Waals surface area contributed by atoms with Crippen LogP contribution >= 0.6 is 0 Å². The number of ether oxygens (including phenoxy) is 1. The van der Waals surface area contributed by atoms with Gasteiger partial charge in [0.1, 0.15) is 29.5 Å². The van der Waals surface area contributed by atoms with E-state index in [1.54, 1.807) is 6.92 Å². The van der Waals surface area contributed by atoms with E-state index in [0.717, 1.165) is 0 Å². The van der Waals surface area contributed by atoms with Gasteiger partial charge in [-0.15, -0.1) is 0 Å². The minimum Gasteiger partial charge on any atom is -0.546 e. The number of rotatable bonds is 4. The lowest BCUT2D eigenvalue weighted by atomic mass is 10.0. The molecule has 1 heterocycles. The summed E-state index contributed by atoms with van der Waals surface area (Å²) in [7, 11) is 0. The van der Waals surface area contributed by atoms with Gasteiger partial charge in [-0.25, -0.2) is 4.39 Å². The molecule has 0 aliphatic carbocycles. The molecule has 3 aromatic rings. The molecule has 1 aromatic heterocycles. The number of carboxylic acids is 1. The van der Waals surface area contributed by atoms with Crippen molar-refractivity contribution in [2.24, 2.45) is 0 Å². The van der Waals surface area contributed by atoms with Gasteiger partial charge < -0.3 is 19.1 Å². The summed E-state index contributed by atoms with van der Waals surface area (Å²) in [5.41, 5.74) is 0.929. The molecular weight excluding hydrogens is 315 g/mol. The second-order valence-corrected chi connectivity index (χ2v) is 5.19. The van der Waals surface area contributed by atoms with E-state index in [1.165, 1.54) is 42.5 Å². The van der Waals surface area contributed by atoms with Gasteiger partial charge >= 0.3 is 0 Å². The van der Waals surface area contributed by atoms with Crippen LogP contribution in [-0.2, 0) is 4.79 Å². The molecule has 0 bridgehead atoms. The van der Waals surface area contributed by atoms with Crippen molar-refractivity contribution >= 4 is 16.9 Å². The summed E-state index contributed by atoms with van der Waals surface area (Å²) in [5, 5.41) is 10.8. The average molecular weight is 327 g/mol. The molecule has 0 atom stereocenters. The fourth-order valence-corrected chi connectivity index (χ4v) is 2.47. The van der Waals surface area contributed by atoms with E-state index < -0.39 is 18.4 Å². The number of carbonyl (C=O) groups is 1. The predicted molar refractivity (Wildman–Crippen MR) is 83.1 cm³/mol. The number of carbonyl (C=O) groups excluding carboxylic acids is 1. The van der Waals surface area contributed by atoms with E-state index in [-0.39, 0.29) is 16.8 Å². The molecule has 0 fully saturated rings. The van der Waals surface area contributed by atoms with Crippen LogP contribution in [0.2, 0.25) is 0 Å². The number of aliphatic carboxylic acids is 1. The fraction of sp³-hybridized carbons (Fsp3) is 0.111. The number of hydrogen-bond acceptors (Lipinski definition) is 5. The molecule has 0 N–H and O–H groups in total. The van der Waals surface area contributed by atoms with Crippen molar-refractivity contribution in [3.63, 3.8) is 0 Å². The molecule has 0 unspecified atom stereocenters. The highest BCUT2D eigenvalue weighted by Gasteiger charge is 2.14. The normalized spacial score (nSPS) is 10.8. The van der Waals surface area contributed by atoms with Gasteiger partial charge in [0.25, 0.3) is 0 Å². The molecule has 24 heavy (non-hydrogen) atoms. The lowest BCUT2D eigenvalue weighted by molar-refractivity contribution is -0.307. The lowest BCUT2D eigenvalue weighted by Crippen LogP contribution is -2.28. The Bertz CT molecular complexity index is 973. The largest absolute Gasteiger partial charge is 0.546 e. The van der Waals surface area contributed by atoms with E-state index >= 15 is 0 Å². The smallest absolute Gasteiger partial charge is 0.200 e. The highest BCUT2D eigenvalue weighted by Crippen LogP contribution is 2.26. The average Bonchev–Trinajstić information content (AvgIpc) is 2.54. The van der Waals surface area contributed by atoms with Gasteiger partial charge in [0.2, 0.25) is 5.43 Å². The molecule has 0 radical (unpaired) electrons. The monoisotopic (exact) mass is 327 g/mol. The van der Waals surface area contributed by atoms with Crippen LogP contribution in [-0.4, -0.2) is 12.6 Å². The first-order valence-electron chi connectivity index (χ1n) is 7.12. The molecule has 3 rings (SSSR count). The van der Waals surface area contributed by atoms with Crippen molar-refractivity contribution < 1.29 is 23.4 Å². The first kappa shape index (κ1) is 15.7. The van der Waals surface area contributed by atoms with Crippen molar-refractivity contribution in [1.82, 2.24) is 0 Å². The summed E-state index contributed by atoms with van der Waals surface area (Å²) in [5.74, 6) is -1.12. The fourth-order valence-electron chi connectivity index (χ4n) is 2.47. The summed E-state index contributed by atoms with van der Waals surface area (Å²) in [6, 6.07) is 9.99. The third-order valence-electron chi connectivity index (χ3n) is 3.53. The second-order valence-electron chi connectivity index (χ2n) is 5.19. The van der Waals surface area contributed by atoms with E-state index in [0.29, 0.717) is 22.3 Å². The van der Waals surface area contributed by atoms with Crippen LogP contribution in [0.3, 0.4) is 0 Å². The minimum absolute atomic E-state index is 0.254. The Kier molecular flexibility index (Phi) is 4.04. The van der Waals surface area contributed by atoms with Gasteiger partial charge in [-0.1, -0.05) is 12.1 Å². The highest BCUT2D eigenvalue weighted by atomic mass is 19.1. The molecule has 0 saturated heterocycles. The lowest BCUT2D eigenvalue weighted by Gasteiger charge is -2.10. The van der Waals surface area contributed by atoms with Gasteiger partial charge in [-0.3, -0.25) is 4.79 Å². The molecule has 0 aliphatic rings. The maximum Gasteiger partial charge on any atom is 0.200 e. The molecule has 5 nitrogen and oxygen atoms in total. The van der Waals surface area contributed by atoms with Crippen LogP contribution in [0.25, 0.3) is 22.1 Å². The molecule has 0 saturated carbocycles. The Morgan fingerprint density at radius 1 is 1.21 bits per heavy atom. The van der Waals surface area contributed by atoms with Crippen LogP contribution in [0.1, 0.15) is 5.76 Å². The quantitative estimate of drug-likeness (QED) is 0.732. The summed E-state index contributed by atoms with van der Waals surface area (Å²) in [6.07, 6.45) is 0. The number of fused-ring (bicyclic) bond motifs is 1. The van der Waals surface area contributed by atoms with Gasteiger partial charge in [0.15, 0.2) is 0 Å². The Balaban J connectivity index is 2.10. The third-order valence-corrected chi connectivity index (χ3v) is 3.53. The van der Waals surface area contributed by atoms with Crippen LogP contribution in [0.4, 0.5) is 4.39 Å². The van der Waals surface area contributed by atoms with Crippen LogP contribution in [0.5, 0.6) is 5.75 Å². The molecule has 122 valence electrons. The Hall–Kier alpha value is -3.15. The number of halogens is 1. The van der Waals surface area contributed by atoms with Gasteiger partial charge in [0, 0.05) is 6.07 Å². The predicted octanol–water partition coefficient (Wildman–Crippen LogP) is 2.04. The van der Waals surface area contributed by atoms with Gasteiger partial charge in [-0.2, -0.15) is 0 Å². The highest BCUT2D eigenvalue weighted by molar-refractivity contribution is 5.83. The van der Waals surface area contributed by atoms with Gasteiger partial charge in [-0.05, 0) is 36.8 Å². The second kappa shape index (κ2) is 6.16. The van der Waals surface area contributed by atoms with Crippen molar-refractivity contribution in [3.8, 4) is 16.9 Å². The first-order valence-corrected chi connectivity index (χ1v) is 7.12. The zero-order valence-corrected chi connectivity index (χ0v) is 12.7. The van der Waals surface area contributed by atoms with Crippen LogP contribution in [0.15, 0.2) is 51.7 Å². The third kappa shape index (κ3) is 2.99. The number of benzene rings is 2. The van der Waals surface area contributed by atoms with Crippen molar-refractivity contribution in [2.45, 2.75) is 6.92 Å². The van der Waals surface area contributed by atoms with Crippen molar-refractivity contribution in [3.05, 3.63) is 64.3 Å². The van der Waals surface area contributed by atoms with E-state index in [2.05, 4.69) is 0 Å². The zero-order valence-electron chi connectivity index (χ0n) is 12.7. The number of carboxylic acid groups (broad SMARTS) is 1. The summed E-state index contributed by atoms with van der Waals surface area (Å²) < 4.78 is 23.8. The minimum atomic E-state index is -1.35. The summed E-state index contributed by atoms with van der Waals surface area (Å²) >= 11 is 0. The van der Waals surface area contributed by atoms with Crippen molar-refractivity contribution in [2.75, 3.05) is 6.61 Å². The Morgan fingerprint density at radius 2 is 1.92 bits per heavy atom. The van der Waals surface area contributed by atoms with E-state index in [9.17, 15) is 19.1 Å². The first-order chi connectivity index (χ1) is 11.5. The SMILES string of the molecule is Cc1oc2cc(OCC(=O)[O-])ccc2c(=O)c1-c1ccc(F)cc1. The maximum absolute atomic E-state index is 13.1. The molecule has 0 spiro atoms. The molecule has 6 heteroatoms. The van der Waals surface area contributed by atoms with Crippen LogP contribution in [0, 0.1) is 12.7 Å². The molecular formula is C18H12FO5-. The maximum atomic E-state index is 13.1. The topological polar surface area (TPSA) is 79.6 Å². The zero-order chi connectivity index (χ0) is 17.3. The van der Waals surface area contributed by atoms with Crippen molar-refractivity contribution in [1.29, 1.82) is 0 Å². The van der Waals surface area contributed by atoms with E-state index in [1.807, 2.05) is 0 Å². The van der Waals surface area contributed by atoms with Gasteiger partial charge in [0.05, 0.1) is 16.9 Å². The van der Waals surface area contributed by atoms with Crippen LogP contribution < -0.4 is 15.3 Å². The Morgan fingerprint density at radius 3 is 2.58 bits per heavy atom. The molecule has 0 aliphatic heterocycles. The number of aryl methyl sites for hydroxylation is 1. The summed E-state index contributed by atoms with van der Waals surface area (Å²) in [6.45, 7) is 1.04. The van der Waals surface area contributed by atoms with E-state index in [4.69, 9.17) is 9.15 Å². The number of hydrogen-bond donors (Lipinski definition) is 0. The Labute approximate surface area is 135 Å².